The summed E-state index contributed by atoms with van der Waals surface area (Å²) in [6.07, 6.45) is 16.0. The monoisotopic (exact) mass is 360 g/mol. The van der Waals surface area contributed by atoms with E-state index in [0.29, 0.717) is 0 Å². The Balaban J connectivity index is 1.61. The lowest BCUT2D eigenvalue weighted by atomic mass is 9.77. The molecule has 1 saturated carbocycles. The molecular weight excluding hydrogens is 320 g/mol. The van der Waals surface area contributed by atoms with Gasteiger partial charge in [0.25, 0.3) is 0 Å². The highest BCUT2D eigenvalue weighted by molar-refractivity contribution is 5.29. The molecule has 1 aromatic rings. The van der Waals surface area contributed by atoms with Gasteiger partial charge in [0.15, 0.2) is 0 Å². The Bertz CT molecular complexity index is 446. The van der Waals surface area contributed by atoms with Gasteiger partial charge >= 0.3 is 0 Å². The molecule has 2 rings (SSSR count). The van der Waals surface area contributed by atoms with E-state index in [9.17, 15) is 0 Å². The van der Waals surface area contributed by atoms with Crippen molar-refractivity contribution in [1.29, 1.82) is 0 Å². The van der Waals surface area contributed by atoms with Gasteiger partial charge in [-0.15, -0.1) is 0 Å². The Hall–Kier alpha value is -1.02. The van der Waals surface area contributed by atoms with Crippen molar-refractivity contribution < 1.29 is 9.47 Å². The topological polar surface area (TPSA) is 18.5 Å². The van der Waals surface area contributed by atoms with Gasteiger partial charge < -0.3 is 9.47 Å². The predicted molar refractivity (Wildman–Crippen MR) is 111 cm³/mol. The lowest BCUT2D eigenvalue weighted by Gasteiger charge is -2.29. The van der Waals surface area contributed by atoms with Crippen LogP contribution in [0.1, 0.15) is 95.5 Å². The molecule has 148 valence electrons. The maximum atomic E-state index is 5.90. The Labute approximate surface area is 161 Å². The molecule has 0 saturated heterocycles. The largest absolute Gasteiger partial charge is 0.494 e. The van der Waals surface area contributed by atoms with Gasteiger partial charge in [0.2, 0.25) is 0 Å². The first-order valence-electron chi connectivity index (χ1n) is 11.0. The molecule has 1 aliphatic carbocycles. The predicted octanol–water partition coefficient (Wildman–Crippen LogP) is 7.13. The smallest absolute Gasteiger partial charge is 0.119 e. The van der Waals surface area contributed by atoms with E-state index in [0.717, 1.165) is 43.6 Å². The molecule has 2 heteroatoms. The zero-order valence-corrected chi connectivity index (χ0v) is 17.2. The highest BCUT2D eigenvalue weighted by Crippen LogP contribution is 2.38. The van der Waals surface area contributed by atoms with Gasteiger partial charge in [0.05, 0.1) is 6.61 Å². The maximum Gasteiger partial charge on any atom is 0.119 e. The van der Waals surface area contributed by atoms with Crippen LogP contribution in [0.5, 0.6) is 5.75 Å². The fourth-order valence-corrected chi connectivity index (χ4v) is 4.20. The molecule has 0 aromatic heterocycles. The van der Waals surface area contributed by atoms with E-state index in [1.807, 2.05) is 0 Å². The van der Waals surface area contributed by atoms with Crippen LogP contribution in [0.3, 0.4) is 0 Å². The lowest BCUT2D eigenvalue weighted by molar-refractivity contribution is 0.191. The Morgan fingerprint density at radius 2 is 1.50 bits per heavy atom. The van der Waals surface area contributed by atoms with Gasteiger partial charge in [-0.3, -0.25) is 0 Å². The Morgan fingerprint density at radius 3 is 2.15 bits per heavy atom. The van der Waals surface area contributed by atoms with Crippen molar-refractivity contribution in [1.82, 2.24) is 0 Å². The second-order valence-corrected chi connectivity index (χ2v) is 8.04. The fraction of sp³-hybridized carbons (Fsp3) is 0.750. The summed E-state index contributed by atoms with van der Waals surface area (Å²) in [6, 6.07) is 8.95. The minimum Gasteiger partial charge on any atom is -0.494 e. The maximum absolute atomic E-state index is 5.90. The van der Waals surface area contributed by atoms with E-state index in [1.165, 1.54) is 69.8 Å². The molecule has 0 atom stereocenters. The van der Waals surface area contributed by atoms with E-state index in [4.69, 9.17) is 9.47 Å². The molecule has 0 heterocycles. The minimum atomic E-state index is 0.771. The van der Waals surface area contributed by atoms with Crippen LogP contribution in [0.25, 0.3) is 0 Å². The summed E-state index contributed by atoms with van der Waals surface area (Å²) in [5.41, 5.74) is 1.52. The Morgan fingerprint density at radius 1 is 0.808 bits per heavy atom. The lowest BCUT2D eigenvalue weighted by Crippen LogP contribution is -2.13. The summed E-state index contributed by atoms with van der Waals surface area (Å²) in [6.45, 7) is 4.01. The third-order valence-corrected chi connectivity index (χ3v) is 5.93. The number of methoxy groups -OCH3 is 1. The van der Waals surface area contributed by atoms with Gasteiger partial charge in [-0.1, -0.05) is 51.2 Å². The molecule has 0 unspecified atom stereocenters. The molecule has 26 heavy (non-hydrogen) atoms. The number of hydrogen-bond donors (Lipinski definition) is 0. The summed E-state index contributed by atoms with van der Waals surface area (Å²) < 4.78 is 11.0. The molecule has 0 aliphatic heterocycles. The average Bonchev–Trinajstić information content (AvgIpc) is 2.69. The van der Waals surface area contributed by atoms with E-state index in [1.54, 1.807) is 7.11 Å². The first-order valence-corrected chi connectivity index (χ1v) is 11.0. The molecule has 0 spiro atoms. The second-order valence-electron chi connectivity index (χ2n) is 8.04. The van der Waals surface area contributed by atoms with Crippen molar-refractivity contribution in [3.05, 3.63) is 29.8 Å². The highest BCUT2D eigenvalue weighted by atomic mass is 16.5. The molecule has 0 radical (unpaired) electrons. The first kappa shape index (κ1) is 21.3. The molecule has 0 bridgehead atoms. The number of hydrogen-bond acceptors (Lipinski definition) is 2. The fourth-order valence-electron chi connectivity index (χ4n) is 4.20. The van der Waals surface area contributed by atoms with Crippen molar-refractivity contribution in [2.45, 2.75) is 89.9 Å². The van der Waals surface area contributed by atoms with Crippen LogP contribution in [-0.2, 0) is 4.74 Å². The zero-order valence-electron chi connectivity index (χ0n) is 17.2. The van der Waals surface area contributed by atoms with Gasteiger partial charge in [-0.05, 0) is 74.5 Å². The molecule has 1 aliphatic rings. The average molecular weight is 361 g/mol. The van der Waals surface area contributed by atoms with Crippen molar-refractivity contribution >= 4 is 0 Å². The molecule has 2 nitrogen and oxygen atoms in total. The van der Waals surface area contributed by atoms with Gasteiger partial charge in [0, 0.05) is 13.7 Å². The quantitative estimate of drug-likeness (QED) is 0.348. The van der Waals surface area contributed by atoms with Crippen LogP contribution in [-0.4, -0.2) is 20.3 Å². The highest BCUT2D eigenvalue weighted by Gasteiger charge is 2.21. The van der Waals surface area contributed by atoms with Crippen LogP contribution in [0.4, 0.5) is 0 Å². The van der Waals surface area contributed by atoms with Crippen LogP contribution in [0.2, 0.25) is 0 Å². The number of unbranched alkanes of at least 4 members (excludes halogenated alkanes) is 5. The molecule has 1 aromatic carbocycles. The number of benzene rings is 1. The Kier molecular flexibility index (Phi) is 10.8. The van der Waals surface area contributed by atoms with E-state index < -0.39 is 0 Å². The van der Waals surface area contributed by atoms with Crippen LogP contribution >= 0.6 is 0 Å². The molecular formula is C24H40O2. The third kappa shape index (κ3) is 8.12. The summed E-state index contributed by atoms with van der Waals surface area (Å²) >= 11 is 0. The van der Waals surface area contributed by atoms with Crippen molar-refractivity contribution in [2.75, 3.05) is 20.3 Å². The summed E-state index contributed by atoms with van der Waals surface area (Å²) in [5.74, 6) is 2.79. The van der Waals surface area contributed by atoms with Crippen molar-refractivity contribution in [3.8, 4) is 5.75 Å². The summed E-state index contributed by atoms with van der Waals surface area (Å²) in [5, 5.41) is 0. The van der Waals surface area contributed by atoms with Crippen LogP contribution in [0, 0.1) is 5.92 Å². The van der Waals surface area contributed by atoms with E-state index in [-0.39, 0.29) is 0 Å². The normalized spacial score (nSPS) is 20.2. The summed E-state index contributed by atoms with van der Waals surface area (Å²) in [7, 11) is 1.77. The number of rotatable bonds is 13. The van der Waals surface area contributed by atoms with Crippen molar-refractivity contribution in [3.63, 3.8) is 0 Å². The molecule has 1 fully saturated rings. The van der Waals surface area contributed by atoms with Crippen molar-refractivity contribution in [2.24, 2.45) is 5.92 Å². The first-order chi connectivity index (χ1) is 12.8. The second kappa shape index (κ2) is 13.2. The van der Waals surface area contributed by atoms with Gasteiger partial charge in [-0.2, -0.15) is 0 Å². The van der Waals surface area contributed by atoms with E-state index in [2.05, 4.69) is 31.2 Å². The van der Waals surface area contributed by atoms with Crippen LogP contribution < -0.4 is 4.74 Å². The molecule has 0 N–H and O–H groups in total. The third-order valence-electron chi connectivity index (χ3n) is 5.93. The standard InChI is InChI=1S/C24H40O2/c1-3-4-7-10-21-11-13-22(14-12-21)23-15-17-24(18-16-23)26-20-9-6-5-8-19-25-2/h15-18,21-22H,3-14,19-20H2,1-2H3. The minimum absolute atomic E-state index is 0.771. The molecule has 0 amide bonds. The van der Waals surface area contributed by atoms with Crippen LogP contribution in [0.15, 0.2) is 24.3 Å². The zero-order chi connectivity index (χ0) is 18.5. The van der Waals surface area contributed by atoms with Gasteiger partial charge in [-0.25, -0.2) is 0 Å². The van der Waals surface area contributed by atoms with Gasteiger partial charge in [0.1, 0.15) is 5.75 Å². The SMILES string of the molecule is CCCCCC1CCC(c2ccc(OCCCCCCOC)cc2)CC1. The van der Waals surface area contributed by atoms with E-state index >= 15 is 0 Å². The summed E-state index contributed by atoms with van der Waals surface area (Å²) in [4.78, 5) is 0. The number of ether oxygens (including phenoxy) is 2.